The highest BCUT2D eigenvalue weighted by atomic mass is 16.5. The quantitative estimate of drug-likeness (QED) is 0.782. The van der Waals surface area contributed by atoms with Crippen molar-refractivity contribution in [1.29, 1.82) is 0 Å². The Morgan fingerprint density at radius 1 is 1.35 bits per heavy atom. The lowest BCUT2D eigenvalue weighted by Crippen LogP contribution is -2.39. The van der Waals surface area contributed by atoms with E-state index in [-0.39, 0.29) is 0 Å². The van der Waals surface area contributed by atoms with E-state index in [1.807, 2.05) is 12.1 Å². The summed E-state index contributed by atoms with van der Waals surface area (Å²) in [6.45, 7) is 7.50. The van der Waals surface area contributed by atoms with Crippen LogP contribution < -0.4 is 15.8 Å². The van der Waals surface area contributed by atoms with Gasteiger partial charge in [-0.2, -0.15) is 0 Å². The van der Waals surface area contributed by atoms with E-state index in [2.05, 4.69) is 32.2 Å². The standard InChI is InChI=1S/C17H28N2O/c1-4-12-20-14-9-7-8-13(16(14)18)19-15-10-5-6-11-17(15,2)3/h7-9,15,19H,4-6,10-12,18H2,1-3H3. The van der Waals surface area contributed by atoms with Gasteiger partial charge in [0.1, 0.15) is 5.75 Å². The lowest BCUT2D eigenvalue weighted by molar-refractivity contribution is 0.217. The van der Waals surface area contributed by atoms with Crippen LogP contribution in [0.1, 0.15) is 52.9 Å². The highest BCUT2D eigenvalue weighted by molar-refractivity contribution is 5.73. The van der Waals surface area contributed by atoms with E-state index in [1.54, 1.807) is 0 Å². The first-order valence-corrected chi connectivity index (χ1v) is 7.82. The van der Waals surface area contributed by atoms with Crippen LogP contribution in [-0.4, -0.2) is 12.6 Å². The van der Waals surface area contributed by atoms with Crippen LogP contribution in [0, 0.1) is 5.41 Å². The van der Waals surface area contributed by atoms with Crippen LogP contribution in [0.4, 0.5) is 11.4 Å². The smallest absolute Gasteiger partial charge is 0.144 e. The summed E-state index contributed by atoms with van der Waals surface area (Å²) in [5.41, 5.74) is 8.32. The number of nitrogen functional groups attached to an aromatic ring is 1. The first-order valence-electron chi connectivity index (χ1n) is 7.82. The summed E-state index contributed by atoms with van der Waals surface area (Å²) in [5.74, 6) is 0.797. The van der Waals surface area contributed by atoms with Crippen molar-refractivity contribution >= 4 is 11.4 Å². The summed E-state index contributed by atoms with van der Waals surface area (Å²) in [6, 6.07) is 6.50. The van der Waals surface area contributed by atoms with Crippen LogP contribution in [0.15, 0.2) is 18.2 Å². The number of hydrogen-bond acceptors (Lipinski definition) is 3. The van der Waals surface area contributed by atoms with Crippen molar-refractivity contribution in [1.82, 2.24) is 0 Å². The third-order valence-corrected chi connectivity index (χ3v) is 4.36. The number of rotatable bonds is 5. The minimum Gasteiger partial charge on any atom is -0.491 e. The normalized spacial score (nSPS) is 21.4. The van der Waals surface area contributed by atoms with Crippen molar-refractivity contribution < 1.29 is 4.74 Å². The maximum atomic E-state index is 6.24. The van der Waals surface area contributed by atoms with Gasteiger partial charge in [0, 0.05) is 6.04 Å². The average molecular weight is 276 g/mol. The molecule has 0 saturated heterocycles. The highest BCUT2D eigenvalue weighted by Crippen LogP contribution is 2.39. The molecule has 3 heteroatoms. The molecule has 0 aromatic heterocycles. The molecule has 1 aromatic rings. The lowest BCUT2D eigenvalue weighted by atomic mass is 9.73. The van der Waals surface area contributed by atoms with E-state index in [0.717, 1.165) is 23.5 Å². The third kappa shape index (κ3) is 3.38. The topological polar surface area (TPSA) is 47.3 Å². The number of para-hydroxylation sites is 1. The monoisotopic (exact) mass is 276 g/mol. The Bertz CT molecular complexity index is 443. The molecule has 112 valence electrons. The molecule has 3 N–H and O–H groups in total. The van der Waals surface area contributed by atoms with Crippen molar-refractivity contribution in [3.63, 3.8) is 0 Å². The molecule has 0 spiro atoms. The molecule has 1 fully saturated rings. The van der Waals surface area contributed by atoms with Crippen molar-refractivity contribution in [2.24, 2.45) is 5.41 Å². The number of ether oxygens (including phenoxy) is 1. The van der Waals surface area contributed by atoms with E-state index >= 15 is 0 Å². The van der Waals surface area contributed by atoms with Gasteiger partial charge in [0.2, 0.25) is 0 Å². The van der Waals surface area contributed by atoms with Gasteiger partial charge in [-0.1, -0.05) is 39.7 Å². The van der Waals surface area contributed by atoms with E-state index in [4.69, 9.17) is 10.5 Å². The zero-order valence-corrected chi connectivity index (χ0v) is 13.0. The predicted octanol–water partition coefficient (Wildman–Crippen LogP) is 4.44. The Balaban J connectivity index is 2.12. The summed E-state index contributed by atoms with van der Waals surface area (Å²) in [5, 5.41) is 3.65. The molecule has 3 nitrogen and oxygen atoms in total. The molecular weight excluding hydrogens is 248 g/mol. The SMILES string of the molecule is CCCOc1cccc(NC2CCCCC2(C)C)c1N. The molecular formula is C17H28N2O. The second-order valence-corrected chi connectivity index (χ2v) is 6.50. The van der Waals surface area contributed by atoms with Gasteiger partial charge in [0.25, 0.3) is 0 Å². The maximum Gasteiger partial charge on any atom is 0.144 e. The van der Waals surface area contributed by atoms with Gasteiger partial charge in [-0.15, -0.1) is 0 Å². The summed E-state index contributed by atoms with van der Waals surface area (Å²) >= 11 is 0. The van der Waals surface area contributed by atoms with Gasteiger partial charge in [-0.05, 0) is 36.8 Å². The van der Waals surface area contributed by atoms with Gasteiger partial charge in [0.15, 0.2) is 0 Å². The molecule has 1 aromatic carbocycles. The van der Waals surface area contributed by atoms with Gasteiger partial charge in [0.05, 0.1) is 18.0 Å². The fourth-order valence-electron chi connectivity index (χ4n) is 2.96. The number of nitrogens with one attached hydrogen (secondary N) is 1. The van der Waals surface area contributed by atoms with Crippen molar-refractivity contribution in [3.8, 4) is 5.75 Å². The van der Waals surface area contributed by atoms with Crippen molar-refractivity contribution in [2.75, 3.05) is 17.7 Å². The Morgan fingerprint density at radius 3 is 2.85 bits per heavy atom. The van der Waals surface area contributed by atoms with Crippen LogP contribution in [0.3, 0.4) is 0 Å². The molecule has 0 radical (unpaired) electrons. The van der Waals surface area contributed by atoms with Crippen LogP contribution in [0.25, 0.3) is 0 Å². The largest absolute Gasteiger partial charge is 0.491 e. The first kappa shape index (κ1) is 15.0. The molecule has 0 aliphatic heterocycles. The fourth-order valence-corrected chi connectivity index (χ4v) is 2.96. The van der Waals surface area contributed by atoms with Crippen LogP contribution in [-0.2, 0) is 0 Å². The van der Waals surface area contributed by atoms with Crippen LogP contribution in [0.2, 0.25) is 0 Å². The predicted molar refractivity (Wildman–Crippen MR) is 86.3 cm³/mol. The summed E-state index contributed by atoms with van der Waals surface area (Å²) in [6.07, 6.45) is 6.11. The second-order valence-electron chi connectivity index (χ2n) is 6.50. The van der Waals surface area contributed by atoms with Crippen LogP contribution >= 0.6 is 0 Å². The Hall–Kier alpha value is -1.38. The lowest BCUT2D eigenvalue weighted by Gasteiger charge is -2.40. The molecule has 1 aliphatic rings. The summed E-state index contributed by atoms with van der Waals surface area (Å²) in [4.78, 5) is 0. The minimum absolute atomic E-state index is 0.324. The molecule has 1 unspecified atom stereocenters. The number of benzene rings is 1. The second kappa shape index (κ2) is 6.38. The fraction of sp³-hybridized carbons (Fsp3) is 0.647. The van der Waals surface area contributed by atoms with Gasteiger partial charge in [-0.25, -0.2) is 0 Å². The Morgan fingerprint density at radius 2 is 2.15 bits per heavy atom. The molecule has 1 saturated carbocycles. The number of nitrogens with two attached hydrogens (primary N) is 1. The van der Waals surface area contributed by atoms with E-state index in [1.165, 1.54) is 25.7 Å². The average Bonchev–Trinajstić information content (AvgIpc) is 2.42. The minimum atomic E-state index is 0.324. The highest BCUT2D eigenvalue weighted by Gasteiger charge is 2.32. The molecule has 0 heterocycles. The van der Waals surface area contributed by atoms with Gasteiger partial charge >= 0.3 is 0 Å². The van der Waals surface area contributed by atoms with Gasteiger partial charge in [-0.3, -0.25) is 0 Å². The summed E-state index contributed by atoms with van der Waals surface area (Å²) in [7, 11) is 0. The van der Waals surface area contributed by atoms with E-state index in [0.29, 0.717) is 18.1 Å². The Kier molecular flexibility index (Phi) is 4.79. The van der Waals surface area contributed by atoms with Crippen molar-refractivity contribution in [3.05, 3.63) is 18.2 Å². The Labute approximate surface area is 122 Å². The number of hydrogen-bond donors (Lipinski definition) is 2. The molecule has 0 amide bonds. The molecule has 20 heavy (non-hydrogen) atoms. The van der Waals surface area contributed by atoms with Crippen molar-refractivity contribution in [2.45, 2.75) is 58.9 Å². The first-order chi connectivity index (χ1) is 9.54. The van der Waals surface area contributed by atoms with Gasteiger partial charge < -0.3 is 15.8 Å². The molecule has 0 bridgehead atoms. The molecule has 1 aliphatic carbocycles. The zero-order chi connectivity index (χ0) is 14.6. The number of anilines is 2. The summed E-state index contributed by atoms with van der Waals surface area (Å²) < 4.78 is 5.70. The van der Waals surface area contributed by atoms with Crippen LogP contribution in [0.5, 0.6) is 5.75 Å². The van der Waals surface area contributed by atoms with E-state index < -0.39 is 0 Å². The molecule has 2 rings (SSSR count). The van der Waals surface area contributed by atoms with E-state index in [9.17, 15) is 0 Å². The maximum absolute atomic E-state index is 6.24. The zero-order valence-electron chi connectivity index (χ0n) is 13.0. The third-order valence-electron chi connectivity index (χ3n) is 4.36. The molecule has 1 atom stereocenters.